The summed E-state index contributed by atoms with van der Waals surface area (Å²) in [7, 11) is 0. The molecule has 0 fully saturated rings. The molecule has 2 rings (SSSR count). The minimum atomic E-state index is -0.216. The average Bonchev–Trinajstić information content (AvgIpc) is 2.77. The molecule has 0 aliphatic rings. The molecule has 0 aromatic carbocycles. The Kier molecular flexibility index (Phi) is 3.79. The van der Waals surface area contributed by atoms with Gasteiger partial charge in [0.05, 0.1) is 0 Å². The number of nitrogens with zero attached hydrogens (tertiary/aromatic N) is 4. The first-order valence-corrected chi connectivity index (χ1v) is 6.36. The molecule has 2 aromatic rings. The van der Waals surface area contributed by atoms with Crippen LogP contribution in [0.1, 0.15) is 18.2 Å². The summed E-state index contributed by atoms with van der Waals surface area (Å²) in [6.45, 7) is 2.45. The van der Waals surface area contributed by atoms with E-state index in [1.54, 1.807) is 16.8 Å². The lowest BCUT2D eigenvalue weighted by Crippen LogP contribution is -2.16. The number of nitrogens with one attached hydrogen (secondary N) is 1. The second-order valence-electron chi connectivity index (χ2n) is 3.47. The van der Waals surface area contributed by atoms with E-state index >= 15 is 0 Å². The summed E-state index contributed by atoms with van der Waals surface area (Å²) in [6, 6.07) is 5.68. The van der Waals surface area contributed by atoms with E-state index in [-0.39, 0.29) is 5.69 Å². The summed E-state index contributed by atoms with van der Waals surface area (Å²) in [6.07, 6.45) is 1.59. The molecular formula is C11H11N5OS. The molecule has 0 atom stereocenters. The van der Waals surface area contributed by atoms with Crippen molar-refractivity contribution >= 4 is 11.8 Å². The minimum absolute atomic E-state index is 0.216. The zero-order valence-electron chi connectivity index (χ0n) is 9.75. The summed E-state index contributed by atoms with van der Waals surface area (Å²) in [5, 5.41) is 15.9. The molecular weight excluding hydrogens is 250 g/mol. The predicted octanol–water partition coefficient (Wildman–Crippen LogP) is 1.15. The third kappa shape index (κ3) is 2.43. The fourth-order valence-electron chi connectivity index (χ4n) is 1.49. The molecule has 0 aliphatic carbocycles. The Morgan fingerprint density at radius 1 is 1.61 bits per heavy atom. The van der Waals surface area contributed by atoms with Gasteiger partial charge in [0.15, 0.2) is 5.16 Å². The molecule has 0 saturated carbocycles. The van der Waals surface area contributed by atoms with E-state index in [4.69, 9.17) is 5.26 Å². The largest absolute Gasteiger partial charge is 0.343 e. The quantitative estimate of drug-likeness (QED) is 0.834. The summed E-state index contributed by atoms with van der Waals surface area (Å²) in [5.74, 6) is 0.557. The van der Waals surface area contributed by atoms with Crippen LogP contribution in [0.3, 0.4) is 0 Å². The Hall–Kier alpha value is -2.07. The van der Waals surface area contributed by atoms with Crippen LogP contribution in [0, 0.1) is 11.3 Å². The van der Waals surface area contributed by atoms with Gasteiger partial charge in [0.25, 0.3) is 0 Å². The van der Waals surface area contributed by atoms with E-state index in [1.165, 1.54) is 11.8 Å². The lowest BCUT2D eigenvalue weighted by molar-refractivity contribution is 0.660. The van der Waals surface area contributed by atoms with Crippen LogP contribution in [0.15, 0.2) is 28.3 Å². The topological polar surface area (TPSA) is 87.4 Å². The Morgan fingerprint density at radius 3 is 3.17 bits per heavy atom. The molecule has 0 bridgehead atoms. The predicted molar refractivity (Wildman–Crippen MR) is 67.0 cm³/mol. The lowest BCUT2D eigenvalue weighted by atomic mass is 10.2. The van der Waals surface area contributed by atoms with Gasteiger partial charge in [-0.15, -0.1) is 5.10 Å². The first-order valence-electron chi connectivity index (χ1n) is 5.38. The van der Waals surface area contributed by atoms with Gasteiger partial charge >= 0.3 is 5.69 Å². The molecule has 0 unspecified atom stereocenters. The smallest absolute Gasteiger partial charge is 0.270 e. The maximum absolute atomic E-state index is 11.4. The molecule has 1 N–H and O–H groups in total. The van der Waals surface area contributed by atoms with Crippen molar-refractivity contribution in [2.24, 2.45) is 0 Å². The Labute approximate surface area is 108 Å². The highest BCUT2D eigenvalue weighted by Crippen LogP contribution is 2.20. The monoisotopic (exact) mass is 261 g/mol. The maximum atomic E-state index is 11.4. The standard InChI is InChI=1S/C11H11N5OS/c1-2-16-10(17)14-15-11(16)18-7-8-4-3-5-13-9(8)6-12/h3-5H,2,7H2,1H3,(H,14,17). The van der Waals surface area contributed by atoms with Crippen LogP contribution in [-0.4, -0.2) is 19.7 Å². The van der Waals surface area contributed by atoms with Crippen molar-refractivity contribution in [3.8, 4) is 6.07 Å². The molecule has 2 aromatic heterocycles. The number of nitriles is 1. The first kappa shape index (κ1) is 12.4. The highest BCUT2D eigenvalue weighted by atomic mass is 32.2. The van der Waals surface area contributed by atoms with E-state index in [2.05, 4.69) is 15.2 Å². The van der Waals surface area contributed by atoms with Crippen molar-refractivity contribution in [3.63, 3.8) is 0 Å². The van der Waals surface area contributed by atoms with Gasteiger partial charge < -0.3 is 0 Å². The summed E-state index contributed by atoms with van der Waals surface area (Å²) in [4.78, 5) is 15.4. The molecule has 6 nitrogen and oxygen atoms in total. The van der Waals surface area contributed by atoms with Crippen molar-refractivity contribution in [2.45, 2.75) is 24.4 Å². The maximum Gasteiger partial charge on any atom is 0.343 e. The van der Waals surface area contributed by atoms with Crippen molar-refractivity contribution in [2.75, 3.05) is 0 Å². The van der Waals surface area contributed by atoms with Crippen LogP contribution < -0.4 is 5.69 Å². The number of rotatable bonds is 4. The summed E-state index contributed by atoms with van der Waals surface area (Å²) < 4.78 is 1.55. The second kappa shape index (κ2) is 5.51. The Balaban J connectivity index is 2.17. The molecule has 18 heavy (non-hydrogen) atoms. The lowest BCUT2D eigenvalue weighted by Gasteiger charge is -2.03. The van der Waals surface area contributed by atoms with Crippen LogP contribution in [0.4, 0.5) is 0 Å². The number of aromatic nitrogens is 4. The highest BCUT2D eigenvalue weighted by Gasteiger charge is 2.09. The fourth-order valence-corrected chi connectivity index (χ4v) is 2.49. The minimum Gasteiger partial charge on any atom is -0.270 e. The van der Waals surface area contributed by atoms with E-state index in [0.717, 1.165) is 5.56 Å². The molecule has 2 heterocycles. The van der Waals surface area contributed by atoms with Gasteiger partial charge in [-0.25, -0.2) is 14.9 Å². The number of aromatic amines is 1. The van der Waals surface area contributed by atoms with Crippen LogP contribution >= 0.6 is 11.8 Å². The van der Waals surface area contributed by atoms with Crippen LogP contribution in [0.2, 0.25) is 0 Å². The van der Waals surface area contributed by atoms with Gasteiger partial charge in [-0.1, -0.05) is 17.8 Å². The van der Waals surface area contributed by atoms with E-state index in [1.807, 2.05) is 19.1 Å². The van der Waals surface area contributed by atoms with Crippen LogP contribution in [0.25, 0.3) is 0 Å². The number of hydrogen-bond donors (Lipinski definition) is 1. The van der Waals surface area contributed by atoms with Gasteiger partial charge in [-0.2, -0.15) is 5.26 Å². The molecule has 0 amide bonds. The van der Waals surface area contributed by atoms with Gasteiger partial charge in [0.2, 0.25) is 0 Å². The average molecular weight is 261 g/mol. The van der Waals surface area contributed by atoms with Crippen molar-refractivity contribution in [1.82, 2.24) is 19.7 Å². The van der Waals surface area contributed by atoms with Gasteiger partial charge in [-0.3, -0.25) is 4.57 Å². The van der Waals surface area contributed by atoms with E-state index < -0.39 is 0 Å². The molecule has 0 radical (unpaired) electrons. The van der Waals surface area contributed by atoms with Crippen LogP contribution in [-0.2, 0) is 12.3 Å². The molecule has 0 aliphatic heterocycles. The van der Waals surface area contributed by atoms with Crippen LogP contribution in [0.5, 0.6) is 0 Å². The van der Waals surface area contributed by atoms with Crippen molar-refractivity contribution in [1.29, 1.82) is 5.26 Å². The summed E-state index contributed by atoms with van der Waals surface area (Å²) >= 11 is 1.40. The normalized spacial score (nSPS) is 10.2. The summed E-state index contributed by atoms with van der Waals surface area (Å²) in [5.41, 5.74) is 1.03. The number of thioether (sulfide) groups is 1. The molecule has 7 heteroatoms. The van der Waals surface area contributed by atoms with Crippen molar-refractivity contribution < 1.29 is 0 Å². The number of H-pyrrole nitrogens is 1. The van der Waals surface area contributed by atoms with Crippen molar-refractivity contribution in [3.05, 3.63) is 40.1 Å². The Morgan fingerprint density at radius 2 is 2.44 bits per heavy atom. The number of pyridine rings is 1. The SMILES string of the molecule is CCn1c(SCc2cccnc2C#N)n[nH]c1=O. The Bertz CT molecular complexity index is 639. The molecule has 92 valence electrons. The highest BCUT2D eigenvalue weighted by molar-refractivity contribution is 7.98. The third-order valence-electron chi connectivity index (χ3n) is 2.39. The van der Waals surface area contributed by atoms with E-state index in [0.29, 0.717) is 23.1 Å². The second-order valence-corrected chi connectivity index (χ2v) is 4.41. The van der Waals surface area contributed by atoms with E-state index in [9.17, 15) is 4.79 Å². The molecule has 0 saturated heterocycles. The third-order valence-corrected chi connectivity index (χ3v) is 3.42. The van der Waals surface area contributed by atoms with Gasteiger partial charge in [0, 0.05) is 18.5 Å². The number of hydrogen-bond acceptors (Lipinski definition) is 5. The molecule has 0 spiro atoms. The fraction of sp³-hybridized carbons (Fsp3) is 0.273. The van der Waals surface area contributed by atoms with Gasteiger partial charge in [-0.05, 0) is 18.6 Å². The zero-order valence-corrected chi connectivity index (χ0v) is 10.6. The first-order chi connectivity index (χ1) is 8.76. The zero-order chi connectivity index (χ0) is 13.0. The van der Waals surface area contributed by atoms with Gasteiger partial charge in [0.1, 0.15) is 11.8 Å².